The molecular weight excluding hydrogens is 259 g/mol. The maximum absolute atomic E-state index is 13.2. The molecular formula is C12H14BrFO. The van der Waals surface area contributed by atoms with Crippen LogP contribution >= 0.6 is 15.9 Å². The van der Waals surface area contributed by atoms with E-state index in [0.29, 0.717) is 5.56 Å². The molecule has 3 heteroatoms. The van der Waals surface area contributed by atoms with Crippen molar-refractivity contribution in [1.82, 2.24) is 0 Å². The molecule has 0 aliphatic rings. The largest absolute Gasteiger partial charge is 0.294 e. The second-order valence-electron chi connectivity index (χ2n) is 3.66. The number of hydrogen-bond donors (Lipinski definition) is 0. The van der Waals surface area contributed by atoms with Crippen molar-refractivity contribution in [2.24, 2.45) is 5.92 Å². The first-order chi connectivity index (χ1) is 7.07. The molecule has 1 rings (SSSR count). The summed E-state index contributed by atoms with van der Waals surface area (Å²) in [5, 5.41) is 0. The first-order valence-corrected chi connectivity index (χ1v) is 5.85. The Morgan fingerprint density at radius 2 is 2.20 bits per heavy atom. The molecule has 0 saturated heterocycles. The van der Waals surface area contributed by atoms with Crippen LogP contribution in [0.5, 0.6) is 0 Å². The molecule has 1 unspecified atom stereocenters. The van der Waals surface area contributed by atoms with E-state index in [0.717, 1.165) is 12.8 Å². The van der Waals surface area contributed by atoms with E-state index in [1.165, 1.54) is 6.07 Å². The fourth-order valence-corrected chi connectivity index (χ4v) is 1.98. The average Bonchev–Trinajstić information content (AvgIpc) is 2.21. The molecule has 0 spiro atoms. The number of benzene rings is 1. The van der Waals surface area contributed by atoms with E-state index < -0.39 is 0 Å². The summed E-state index contributed by atoms with van der Waals surface area (Å²) in [7, 11) is 0. The summed E-state index contributed by atoms with van der Waals surface area (Å²) < 4.78 is 13.5. The maximum Gasteiger partial charge on any atom is 0.166 e. The van der Waals surface area contributed by atoms with Gasteiger partial charge >= 0.3 is 0 Å². The Kier molecular flexibility index (Phi) is 4.45. The van der Waals surface area contributed by atoms with Crippen molar-refractivity contribution < 1.29 is 9.18 Å². The lowest BCUT2D eigenvalue weighted by atomic mass is 9.95. The molecule has 0 aliphatic carbocycles. The van der Waals surface area contributed by atoms with Crippen LogP contribution in [0, 0.1) is 11.7 Å². The van der Waals surface area contributed by atoms with Crippen molar-refractivity contribution in [3.63, 3.8) is 0 Å². The first-order valence-electron chi connectivity index (χ1n) is 5.06. The van der Waals surface area contributed by atoms with Gasteiger partial charge in [0.05, 0.1) is 4.47 Å². The van der Waals surface area contributed by atoms with Crippen molar-refractivity contribution in [1.29, 1.82) is 0 Å². The quantitative estimate of drug-likeness (QED) is 0.751. The van der Waals surface area contributed by atoms with E-state index in [1.807, 2.05) is 13.8 Å². The van der Waals surface area contributed by atoms with Gasteiger partial charge in [-0.2, -0.15) is 0 Å². The molecule has 1 nitrogen and oxygen atoms in total. The van der Waals surface area contributed by atoms with Gasteiger partial charge in [0.25, 0.3) is 0 Å². The van der Waals surface area contributed by atoms with E-state index in [9.17, 15) is 9.18 Å². The second kappa shape index (κ2) is 5.40. The summed E-state index contributed by atoms with van der Waals surface area (Å²) in [6, 6.07) is 4.55. The van der Waals surface area contributed by atoms with Gasteiger partial charge in [-0.3, -0.25) is 4.79 Å². The van der Waals surface area contributed by atoms with Crippen molar-refractivity contribution >= 4 is 21.7 Å². The minimum atomic E-state index is -0.385. The monoisotopic (exact) mass is 272 g/mol. The molecule has 0 fully saturated rings. The van der Waals surface area contributed by atoms with Gasteiger partial charge < -0.3 is 0 Å². The number of Topliss-reactive ketones (excluding diaryl/α,β-unsaturated/α-hetero) is 1. The van der Waals surface area contributed by atoms with Crippen LogP contribution < -0.4 is 0 Å². The number of hydrogen-bond acceptors (Lipinski definition) is 1. The zero-order chi connectivity index (χ0) is 11.4. The van der Waals surface area contributed by atoms with Gasteiger partial charge in [0.2, 0.25) is 0 Å². The molecule has 0 saturated carbocycles. The highest BCUT2D eigenvalue weighted by Gasteiger charge is 2.18. The Bertz CT molecular complexity index is 363. The molecule has 1 aromatic carbocycles. The molecule has 0 aliphatic heterocycles. The minimum Gasteiger partial charge on any atom is -0.294 e. The lowest BCUT2D eigenvalue weighted by Crippen LogP contribution is -2.12. The fraction of sp³-hybridized carbons (Fsp3) is 0.417. The Morgan fingerprint density at radius 3 is 2.80 bits per heavy atom. The van der Waals surface area contributed by atoms with Crippen LogP contribution in [0.3, 0.4) is 0 Å². The lowest BCUT2D eigenvalue weighted by molar-refractivity contribution is 0.0922. The first kappa shape index (κ1) is 12.4. The summed E-state index contributed by atoms with van der Waals surface area (Å²) in [5.74, 6) is -0.430. The van der Waals surface area contributed by atoms with Crippen LogP contribution in [0.4, 0.5) is 4.39 Å². The predicted octanol–water partition coefficient (Wildman–Crippen LogP) is 4.21. The SMILES string of the molecule is CCCC(C)C(=O)c1cccc(F)c1Br. The highest BCUT2D eigenvalue weighted by molar-refractivity contribution is 9.10. The summed E-state index contributed by atoms with van der Waals surface area (Å²) in [4.78, 5) is 11.9. The number of halogens is 2. The van der Waals surface area contributed by atoms with E-state index >= 15 is 0 Å². The van der Waals surface area contributed by atoms with E-state index in [1.54, 1.807) is 12.1 Å². The van der Waals surface area contributed by atoms with Crippen LogP contribution in [-0.2, 0) is 0 Å². The van der Waals surface area contributed by atoms with E-state index in [4.69, 9.17) is 0 Å². The topological polar surface area (TPSA) is 17.1 Å². The fourth-order valence-electron chi connectivity index (χ4n) is 1.52. The second-order valence-corrected chi connectivity index (χ2v) is 4.45. The number of carbonyl (C=O) groups is 1. The number of ketones is 1. The molecule has 0 bridgehead atoms. The molecule has 0 amide bonds. The molecule has 1 aromatic rings. The smallest absolute Gasteiger partial charge is 0.166 e. The van der Waals surface area contributed by atoms with Gasteiger partial charge in [0, 0.05) is 11.5 Å². The molecule has 82 valence electrons. The zero-order valence-electron chi connectivity index (χ0n) is 8.89. The summed E-state index contributed by atoms with van der Waals surface area (Å²) >= 11 is 3.10. The standard InChI is InChI=1S/C12H14BrFO/c1-3-5-8(2)12(15)9-6-4-7-10(14)11(9)13/h4,6-8H,3,5H2,1-2H3. The molecule has 15 heavy (non-hydrogen) atoms. The third kappa shape index (κ3) is 2.88. The third-order valence-corrected chi connectivity index (χ3v) is 3.19. The summed E-state index contributed by atoms with van der Waals surface area (Å²) in [5.41, 5.74) is 0.441. The molecule has 0 radical (unpaired) electrons. The zero-order valence-corrected chi connectivity index (χ0v) is 10.5. The van der Waals surface area contributed by atoms with Gasteiger partial charge in [-0.15, -0.1) is 0 Å². The highest BCUT2D eigenvalue weighted by Crippen LogP contribution is 2.24. The van der Waals surface area contributed by atoms with Gasteiger partial charge in [-0.05, 0) is 28.4 Å². The Balaban J connectivity index is 2.96. The van der Waals surface area contributed by atoms with Gasteiger partial charge in [0.15, 0.2) is 5.78 Å². The van der Waals surface area contributed by atoms with Crippen LogP contribution in [0.2, 0.25) is 0 Å². The van der Waals surface area contributed by atoms with Crippen molar-refractivity contribution in [2.75, 3.05) is 0 Å². The highest BCUT2D eigenvalue weighted by atomic mass is 79.9. The Hall–Kier alpha value is -0.700. The average molecular weight is 273 g/mol. The number of carbonyl (C=O) groups excluding carboxylic acids is 1. The van der Waals surface area contributed by atoms with Crippen molar-refractivity contribution in [3.8, 4) is 0 Å². The molecule has 0 N–H and O–H groups in total. The minimum absolute atomic E-state index is 0.00299. The van der Waals surface area contributed by atoms with E-state index in [2.05, 4.69) is 15.9 Å². The molecule has 1 atom stereocenters. The van der Waals surface area contributed by atoms with Crippen molar-refractivity contribution in [2.45, 2.75) is 26.7 Å². The third-order valence-electron chi connectivity index (χ3n) is 2.39. The summed E-state index contributed by atoms with van der Waals surface area (Å²) in [6.45, 7) is 3.91. The van der Waals surface area contributed by atoms with Gasteiger partial charge in [-0.1, -0.05) is 32.4 Å². The number of rotatable bonds is 4. The maximum atomic E-state index is 13.2. The van der Waals surface area contributed by atoms with Crippen LogP contribution in [0.25, 0.3) is 0 Å². The Morgan fingerprint density at radius 1 is 1.53 bits per heavy atom. The normalized spacial score (nSPS) is 12.5. The van der Waals surface area contributed by atoms with Gasteiger partial charge in [-0.25, -0.2) is 4.39 Å². The van der Waals surface area contributed by atoms with E-state index in [-0.39, 0.29) is 22.0 Å². The van der Waals surface area contributed by atoms with Crippen LogP contribution in [0.1, 0.15) is 37.0 Å². The summed E-state index contributed by atoms with van der Waals surface area (Å²) in [6.07, 6.45) is 1.79. The lowest BCUT2D eigenvalue weighted by Gasteiger charge is -2.10. The predicted molar refractivity (Wildman–Crippen MR) is 62.5 cm³/mol. The van der Waals surface area contributed by atoms with Crippen molar-refractivity contribution in [3.05, 3.63) is 34.1 Å². The van der Waals surface area contributed by atoms with Crippen LogP contribution in [0.15, 0.2) is 22.7 Å². The van der Waals surface area contributed by atoms with Gasteiger partial charge in [0.1, 0.15) is 5.82 Å². The Labute approximate surface area is 97.8 Å². The van der Waals surface area contributed by atoms with Crippen LogP contribution in [-0.4, -0.2) is 5.78 Å². The molecule has 0 heterocycles. The molecule has 0 aromatic heterocycles.